The molecule has 0 aliphatic carbocycles. The molecule has 0 radical (unpaired) electrons. The molecule has 0 bridgehead atoms. The molecule has 3 aromatic rings. The van der Waals surface area contributed by atoms with Crippen molar-refractivity contribution in [2.45, 2.75) is 52.7 Å². The van der Waals surface area contributed by atoms with Crippen molar-refractivity contribution >= 4 is 17.7 Å². The number of carbonyl (C=O) groups excluding carboxylic acids is 3. The zero-order valence-corrected chi connectivity index (χ0v) is 24.4. The molecule has 0 heterocycles. The lowest BCUT2D eigenvalue weighted by Gasteiger charge is -2.36. The maximum Gasteiger partial charge on any atom is 0.243 e. The Morgan fingerprint density at radius 1 is 0.854 bits per heavy atom. The van der Waals surface area contributed by atoms with Crippen molar-refractivity contribution in [3.05, 3.63) is 101 Å². The van der Waals surface area contributed by atoms with Gasteiger partial charge in [-0.15, -0.1) is 0 Å². The Morgan fingerprint density at radius 3 is 1.98 bits per heavy atom. The molecule has 8 nitrogen and oxygen atoms in total. The highest BCUT2D eigenvalue weighted by Gasteiger charge is 2.43. The number of ether oxygens (including phenoxy) is 1. The largest absolute Gasteiger partial charge is 0.494 e. The molecule has 41 heavy (non-hydrogen) atoms. The Balaban J connectivity index is 1.88. The summed E-state index contributed by atoms with van der Waals surface area (Å²) in [6, 6.07) is 23.9. The fourth-order valence-corrected chi connectivity index (χ4v) is 4.69. The number of benzene rings is 3. The fourth-order valence-electron chi connectivity index (χ4n) is 4.69. The lowest BCUT2D eigenvalue weighted by Crippen LogP contribution is -2.54. The van der Waals surface area contributed by atoms with Gasteiger partial charge in [-0.25, -0.2) is 0 Å². The van der Waals surface area contributed by atoms with Crippen molar-refractivity contribution in [3.63, 3.8) is 0 Å². The lowest BCUT2D eigenvalue weighted by atomic mass is 9.74. The van der Waals surface area contributed by atoms with E-state index in [-0.39, 0.29) is 18.2 Å². The van der Waals surface area contributed by atoms with Crippen molar-refractivity contribution in [2.24, 2.45) is 22.8 Å². The van der Waals surface area contributed by atoms with Crippen molar-refractivity contribution in [1.29, 1.82) is 0 Å². The first kappa shape index (κ1) is 31.4. The second kappa shape index (κ2) is 14.5. The Bertz CT molecular complexity index is 1290. The number of hydrogen-bond acceptors (Lipinski definition) is 5. The molecule has 3 aromatic carbocycles. The van der Waals surface area contributed by atoms with Gasteiger partial charge in [0.25, 0.3) is 0 Å². The minimum atomic E-state index is -1.16. The maximum atomic E-state index is 14.2. The first-order valence-electron chi connectivity index (χ1n) is 13.9. The normalized spacial score (nSPS) is 12.7. The van der Waals surface area contributed by atoms with Gasteiger partial charge in [0.15, 0.2) is 0 Å². The van der Waals surface area contributed by atoms with Crippen LogP contribution in [0, 0.1) is 11.3 Å². The van der Waals surface area contributed by atoms with Crippen LogP contribution >= 0.6 is 0 Å². The van der Waals surface area contributed by atoms with Crippen LogP contribution in [0.5, 0.6) is 5.75 Å². The molecule has 0 saturated carbocycles. The van der Waals surface area contributed by atoms with Crippen LogP contribution in [0.2, 0.25) is 0 Å². The molecular formula is C33H42N4O4. The third kappa shape index (κ3) is 8.41. The molecule has 8 heteroatoms. The predicted molar refractivity (Wildman–Crippen MR) is 161 cm³/mol. The van der Waals surface area contributed by atoms with Crippen LogP contribution in [0.4, 0.5) is 0 Å². The second-order valence-electron chi connectivity index (χ2n) is 10.8. The first-order valence-corrected chi connectivity index (χ1v) is 13.9. The van der Waals surface area contributed by atoms with Gasteiger partial charge in [-0.2, -0.15) is 0 Å². The van der Waals surface area contributed by atoms with E-state index in [0.29, 0.717) is 26.1 Å². The number of amides is 3. The van der Waals surface area contributed by atoms with Gasteiger partial charge in [0, 0.05) is 26.6 Å². The maximum absolute atomic E-state index is 14.2. The second-order valence-corrected chi connectivity index (χ2v) is 10.8. The summed E-state index contributed by atoms with van der Waals surface area (Å²) in [5.41, 5.74) is 14.0. The molecule has 0 aliphatic heterocycles. The average molecular weight is 559 g/mol. The zero-order valence-electron chi connectivity index (χ0n) is 24.4. The van der Waals surface area contributed by atoms with Gasteiger partial charge in [-0.3, -0.25) is 14.4 Å². The van der Waals surface area contributed by atoms with E-state index in [1.165, 1.54) is 4.90 Å². The molecule has 0 unspecified atom stereocenters. The molecule has 0 saturated heterocycles. The van der Waals surface area contributed by atoms with E-state index in [4.69, 9.17) is 16.2 Å². The van der Waals surface area contributed by atoms with Crippen LogP contribution in [-0.2, 0) is 40.3 Å². The molecule has 5 N–H and O–H groups in total. The van der Waals surface area contributed by atoms with Crippen LogP contribution in [0.25, 0.3) is 0 Å². The first-order chi connectivity index (χ1) is 19.6. The van der Waals surface area contributed by atoms with Gasteiger partial charge in [-0.1, -0.05) is 80.6 Å². The average Bonchev–Trinajstić information content (AvgIpc) is 2.98. The number of likely N-dealkylation sites (N-methyl/N-ethyl adjacent to an activating group) is 1. The Kier molecular flexibility index (Phi) is 11.1. The minimum absolute atomic E-state index is 0.276. The van der Waals surface area contributed by atoms with E-state index in [1.54, 1.807) is 20.9 Å². The fraction of sp³-hybridized carbons (Fsp3) is 0.364. The van der Waals surface area contributed by atoms with Crippen LogP contribution in [0.15, 0.2) is 78.9 Å². The summed E-state index contributed by atoms with van der Waals surface area (Å²) in [5.74, 6) is -1.27. The van der Waals surface area contributed by atoms with Gasteiger partial charge in [0.05, 0.1) is 17.9 Å². The van der Waals surface area contributed by atoms with E-state index in [9.17, 15) is 14.4 Å². The smallest absolute Gasteiger partial charge is 0.243 e. The van der Waals surface area contributed by atoms with Crippen molar-refractivity contribution < 1.29 is 19.1 Å². The quantitative estimate of drug-likeness (QED) is 0.279. The number of nitrogens with two attached hydrogens (primary N) is 2. The van der Waals surface area contributed by atoms with E-state index in [2.05, 4.69) is 5.32 Å². The molecule has 3 amide bonds. The third-order valence-corrected chi connectivity index (χ3v) is 7.59. The number of carbonyl (C=O) groups is 3. The van der Waals surface area contributed by atoms with Gasteiger partial charge in [0.2, 0.25) is 17.7 Å². The van der Waals surface area contributed by atoms with Crippen LogP contribution in [-0.4, -0.2) is 42.3 Å². The summed E-state index contributed by atoms with van der Waals surface area (Å²) in [6.07, 6.45) is 0.590. The van der Waals surface area contributed by atoms with E-state index in [0.717, 1.165) is 28.0 Å². The molecule has 3 rings (SSSR count). The van der Waals surface area contributed by atoms with Crippen molar-refractivity contribution in [1.82, 2.24) is 10.2 Å². The van der Waals surface area contributed by atoms with Crippen molar-refractivity contribution in [2.75, 3.05) is 13.7 Å². The van der Waals surface area contributed by atoms with E-state index >= 15 is 0 Å². The Hall–Kier alpha value is -4.17. The Morgan fingerprint density at radius 2 is 1.41 bits per heavy atom. The molecule has 218 valence electrons. The monoisotopic (exact) mass is 558 g/mol. The van der Waals surface area contributed by atoms with Crippen LogP contribution in [0.1, 0.15) is 43.0 Å². The number of rotatable bonds is 14. The molecule has 0 aliphatic rings. The molecule has 0 aromatic heterocycles. The third-order valence-electron chi connectivity index (χ3n) is 7.59. The molecule has 0 spiro atoms. The van der Waals surface area contributed by atoms with E-state index in [1.807, 2.05) is 85.8 Å². The Labute approximate surface area is 243 Å². The van der Waals surface area contributed by atoms with E-state index < -0.39 is 23.3 Å². The van der Waals surface area contributed by atoms with Gasteiger partial charge >= 0.3 is 0 Å². The summed E-state index contributed by atoms with van der Waals surface area (Å²) in [7, 11) is 1.62. The number of hydrogen-bond donors (Lipinski definition) is 3. The van der Waals surface area contributed by atoms with Crippen LogP contribution in [0.3, 0.4) is 0 Å². The lowest BCUT2D eigenvalue weighted by molar-refractivity contribution is -0.148. The summed E-state index contributed by atoms with van der Waals surface area (Å²) < 4.78 is 5.54. The minimum Gasteiger partial charge on any atom is -0.494 e. The predicted octanol–water partition coefficient (Wildman–Crippen LogP) is 3.60. The number of nitrogens with zero attached hydrogens (tertiary/aromatic N) is 1. The van der Waals surface area contributed by atoms with Crippen molar-refractivity contribution in [3.8, 4) is 5.75 Å². The summed E-state index contributed by atoms with van der Waals surface area (Å²) in [5, 5.41) is 2.99. The standard InChI is InChI=1S/C33H42N4O4/c1-5-41-27-17-15-24(16-18-27)19-28(33(2,3)32(35)40)31(39)37(4)29(20-23-9-7-6-8-10-23)30(38)36-22-26-13-11-25(21-34)12-14-26/h6-18,28-29H,5,19-22,34H2,1-4H3,(H2,35,40)(H,36,38)/t28-,29-/m0/s1. The van der Waals surface area contributed by atoms with Gasteiger partial charge in [0.1, 0.15) is 11.8 Å². The van der Waals surface area contributed by atoms with Gasteiger partial charge < -0.3 is 26.4 Å². The SMILES string of the molecule is CCOc1ccc(C[C@@H](C(=O)N(C)[C@@H](Cc2ccccc2)C(=O)NCc2ccc(CN)cc2)C(C)(C)C(N)=O)cc1. The van der Waals surface area contributed by atoms with Crippen LogP contribution < -0.4 is 21.5 Å². The number of primary amides is 1. The number of nitrogens with one attached hydrogen (secondary N) is 1. The molecule has 0 fully saturated rings. The van der Waals surface area contributed by atoms with Gasteiger partial charge in [-0.05, 0) is 47.7 Å². The highest BCUT2D eigenvalue weighted by molar-refractivity contribution is 5.92. The summed E-state index contributed by atoms with van der Waals surface area (Å²) in [6.45, 7) is 6.56. The zero-order chi connectivity index (χ0) is 30.0. The summed E-state index contributed by atoms with van der Waals surface area (Å²) in [4.78, 5) is 41.8. The highest BCUT2D eigenvalue weighted by atomic mass is 16.5. The molecular weight excluding hydrogens is 516 g/mol. The topological polar surface area (TPSA) is 128 Å². The highest BCUT2D eigenvalue weighted by Crippen LogP contribution is 2.32. The molecule has 2 atom stereocenters. The summed E-state index contributed by atoms with van der Waals surface area (Å²) >= 11 is 0.